The van der Waals surface area contributed by atoms with Gasteiger partial charge in [0.2, 0.25) is 0 Å². The van der Waals surface area contributed by atoms with Crippen molar-refractivity contribution in [1.82, 2.24) is 9.55 Å². The van der Waals surface area contributed by atoms with E-state index in [1.807, 2.05) is 12.4 Å². The molecule has 1 rings (SSSR count). The maximum atomic E-state index is 4.35. The average Bonchev–Trinajstić information content (AvgIpc) is 2.58. The van der Waals surface area contributed by atoms with Crippen molar-refractivity contribution in [1.29, 1.82) is 0 Å². The Bertz CT molecular complexity index is 281. The third-order valence-corrected chi connectivity index (χ3v) is 3.64. The summed E-state index contributed by atoms with van der Waals surface area (Å²) in [5.74, 6) is 2.76. The van der Waals surface area contributed by atoms with Crippen molar-refractivity contribution in [3.05, 3.63) is 18.2 Å². The predicted octanol–water partition coefficient (Wildman–Crippen LogP) is 3.41. The van der Waals surface area contributed by atoms with Gasteiger partial charge in [-0.15, -0.1) is 0 Å². The lowest BCUT2D eigenvalue weighted by molar-refractivity contribution is 0.419. The molecular weight excluding hydrogens is 252 g/mol. The lowest BCUT2D eigenvalue weighted by Gasteiger charge is -2.15. The Balaban J connectivity index is 2.37. The molecule has 0 saturated carbocycles. The van der Waals surface area contributed by atoms with Crippen LogP contribution in [0.5, 0.6) is 0 Å². The highest BCUT2D eigenvalue weighted by molar-refractivity contribution is 9.09. The Hall–Kier alpha value is -0.310. The largest absolute Gasteiger partial charge is 0.338 e. The van der Waals surface area contributed by atoms with Crippen molar-refractivity contribution >= 4 is 15.9 Å². The second kappa shape index (κ2) is 6.31. The smallest absolute Gasteiger partial charge is 0.108 e. The number of alkyl halides is 1. The molecule has 0 spiro atoms. The quantitative estimate of drug-likeness (QED) is 0.726. The summed E-state index contributed by atoms with van der Waals surface area (Å²) in [4.78, 5) is 4.35. The summed E-state index contributed by atoms with van der Waals surface area (Å²) in [6.07, 6.45) is 7.51. The van der Waals surface area contributed by atoms with E-state index in [4.69, 9.17) is 0 Å². The lowest BCUT2D eigenvalue weighted by Crippen LogP contribution is -2.09. The number of halogens is 1. The van der Waals surface area contributed by atoms with Crippen LogP contribution in [-0.4, -0.2) is 14.9 Å². The second-order valence-electron chi connectivity index (χ2n) is 4.64. The van der Waals surface area contributed by atoms with Gasteiger partial charge in [0.25, 0.3) is 0 Å². The first kappa shape index (κ1) is 12.8. The number of aromatic nitrogens is 2. The number of nitrogens with zero attached hydrogens (tertiary/aromatic N) is 2. The Kier molecular flexibility index (Phi) is 5.37. The van der Waals surface area contributed by atoms with Gasteiger partial charge in [-0.3, -0.25) is 0 Å². The van der Waals surface area contributed by atoms with E-state index in [0.717, 1.165) is 23.6 Å². The maximum Gasteiger partial charge on any atom is 0.108 e. The molecule has 0 radical (unpaired) electrons. The van der Waals surface area contributed by atoms with Gasteiger partial charge < -0.3 is 4.57 Å². The molecule has 0 aliphatic carbocycles. The van der Waals surface area contributed by atoms with E-state index in [1.165, 1.54) is 18.7 Å². The molecule has 1 unspecified atom stereocenters. The van der Waals surface area contributed by atoms with Crippen LogP contribution in [0.4, 0.5) is 0 Å². The summed E-state index contributed by atoms with van der Waals surface area (Å²) in [6.45, 7) is 4.58. The van der Waals surface area contributed by atoms with Gasteiger partial charge in [0, 0.05) is 31.2 Å². The summed E-state index contributed by atoms with van der Waals surface area (Å²) in [6, 6.07) is 0. The SMILES string of the molecule is CC(C)CC(CBr)CCc1nccn1C. The summed E-state index contributed by atoms with van der Waals surface area (Å²) in [5, 5.41) is 1.11. The Morgan fingerprint density at radius 2 is 2.20 bits per heavy atom. The van der Waals surface area contributed by atoms with Gasteiger partial charge in [-0.2, -0.15) is 0 Å². The van der Waals surface area contributed by atoms with Crippen molar-refractivity contribution < 1.29 is 0 Å². The molecule has 86 valence electrons. The molecule has 0 aliphatic heterocycles. The van der Waals surface area contributed by atoms with Crippen LogP contribution >= 0.6 is 15.9 Å². The standard InChI is InChI=1S/C12H21BrN2/c1-10(2)8-11(9-13)4-5-12-14-6-7-15(12)3/h6-7,10-11H,4-5,8-9H2,1-3H3. The van der Waals surface area contributed by atoms with Gasteiger partial charge in [-0.25, -0.2) is 4.98 Å². The van der Waals surface area contributed by atoms with E-state index in [0.29, 0.717) is 0 Å². The van der Waals surface area contributed by atoms with Crippen LogP contribution in [0.15, 0.2) is 12.4 Å². The fraction of sp³-hybridized carbons (Fsp3) is 0.750. The van der Waals surface area contributed by atoms with E-state index in [1.54, 1.807) is 0 Å². The van der Waals surface area contributed by atoms with Crippen molar-refractivity contribution in [2.24, 2.45) is 18.9 Å². The minimum atomic E-state index is 0.779. The monoisotopic (exact) mass is 272 g/mol. The summed E-state index contributed by atoms with van der Waals surface area (Å²) >= 11 is 3.60. The normalized spacial score (nSPS) is 13.4. The van der Waals surface area contributed by atoms with Crippen LogP contribution in [0, 0.1) is 11.8 Å². The first-order valence-corrected chi connectivity index (χ1v) is 6.77. The molecule has 0 aromatic carbocycles. The minimum absolute atomic E-state index is 0.779. The first-order chi connectivity index (χ1) is 7.13. The fourth-order valence-corrected chi connectivity index (χ4v) is 2.48. The maximum absolute atomic E-state index is 4.35. The number of rotatable bonds is 6. The van der Waals surface area contributed by atoms with Crippen LogP contribution in [0.2, 0.25) is 0 Å². The van der Waals surface area contributed by atoms with Gasteiger partial charge in [0.05, 0.1) is 0 Å². The van der Waals surface area contributed by atoms with E-state index in [-0.39, 0.29) is 0 Å². The second-order valence-corrected chi connectivity index (χ2v) is 5.29. The van der Waals surface area contributed by atoms with E-state index in [2.05, 4.69) is 46.4 Å². The highest BCUT2D eigenvalue weighted by Gasteiger charge is 2.10. The Morgan fingerprint density at radius 1 is 1.47 bits per heavy atom. The fourth-order valence-electron chi connectivity index (χ4n) is 1.90. The molecular formula is C12H21BrN2. The molecule has 15 heavy (non-hydrogen) atoms. The zero-order valence-corrected chi connectivity index (χ0v) is 11.5. The Morgan fingerprint density at radius 3 is 2.67 bits per heavy atom. The highest BCUT2D eigenvalue weighted by atomic mass is 79.9. The Labute approximate surface area is 101 Å². The van der Waals surface area contributed by atoms with Crippen LogP contribution < -0.4 is 0 Å². The predicted molar refractivity (Wildman–Crippen MR) is 68.3 cm³/mol. The van der Waals surface area contributed by atoms with Gasteiger partial charge in [-0.1, -0.05) is 29.8 Å². The molecule has 0 bridgehead atoms. The van der Waals surface area contributed by atoms with Crippen molar-refractivity contribution in [2.75, 3.05) is 5.33 Å². The molecule has 0 amide bonds. The van der Waals surface area contributed by atoms with Gasteiger partial charge in [0.15, 0.2) is 0 Å². The molecule has 1 heterocycles. The zero-order valence-electron chi connectivity index (χ0n) is 9.91. The molecule has 1 aromatic heterocycles. The summed E-state index contributed by atoms with van der Waals surface area (Å²) in [7, 11) is 2.06. The minimum Gasteiger partial charge on any atom is -0.338 e. The van der Waals surface area contributed by atoms with Crippen molar-refractivity contribution in [2.45, 2.75) is 33.1 Å². The summed E-state index contributed by atoms with van der Waals surface area (Å²) in [5.41, 5.74) is 0. The van der Waals surface area contributed by atoms with E-state index < -0.39 is 0 Å². The first-order valence-electron chi connectivity index (χ1n) is 5.65. The molecule has 3 heteroatoms. The van der Waals surface area contributed by atoms with Crippen LogP contribution in [0.25, 0.3) is 0 Å². The number of hydrogen-bond donors (Lipinski definition) is 0. The van der Waals surface area contributed by atoms with Crippen LogP contribution in [0.1, 0.15) is 32.5 Å². The number of imidazole rings is 1. The third kappa shape index (κ3) is 4.37. The number of aryl methyl sites for hydroxylation is 2. The van der Waals surface area contributed by atoms with Crippen LogP contribution in [-0.2, 0) is 13.5 Å². The van der Waals surface area contributed by atoms with Gasteiger partial charge >= 0.3 is 0 Å². The van der Waals surface area contributed by atoms with Crippen molar-refractivity contribution in [3.63, 3.8) is 0 Å². The van der Waals surface area contributed by atoms with Crippen molar-refractivity contribution in [3.8, 4) is 0 Å². The van der Waals surface area contributed by atoms with Gasteiger partial charge in [0.1, 0.15) is 5.82 Å². The molecule has 0 N–H and O–H groups in total. The van der Waals surface area contributed by atoms with E-state index >= 15 is 0 Å². The van der Waals surface area contributed by atoms with Gasteiger partial charge in [-0.05, 0) is 24.7 Å². The molecule has 0 saturated heterocycles. The molecule has 0 fully saturated rings. The molecule has 1 atom stereocenters. The summed E-state index contributed by atoms with van der Waals surface area (Å²) < 4.78 is 2.11. The zero-order chi connectivity index (χ0) is 11.3. The highest BCUT2D eigenvalue weighted by Crippen LogP contribution is 2.19. The van der Waals surface area contributed by atoms with Crippen LogP contribution in [0.3, 0.4) is 0 Å². The third-order valence-electron chi connectivity index (χ3n) is 2.72. The lowest BCUT2D eigenvalue weighted by atomic mass is 9.94. The van der Waals surface area contributed by atoms with E-state index in [9.17, 15) is 0 Å². The molecule has 1 aromatic rings. The average molecular weight is 273 g/mol. The molecule has 0 aliphatic rings. The number of hydrogen-bond acceptors (Lipinski definition) is 1. The molecule has 2 nitrogen and oxygen atoms in total. The topological polar surface area (TPSA) is 17.8 Å².